The first-order chi connectivity index (χ1) is 13.5. The maximum Gasteiger partial charge on any atom is 0.316 e. The maximum atomic E-state index is 12.3. The molecular weight excluding hydrogens is 370 g/mol. The van der Waals surface area contributed by atoms with Gasteiger partial charge in [0.2, 0.25) is 0 Å². The van der Waals surface area contributed by atoms with Crippen LogP contribution in [0.1, 0.15) is 23.1 Å². The van der Waals surface area contributed by atoms with Crippen molar-refractivity contribution < 1.29 is 14.3 Å². The van der Waals surface area contributed by atoms with Crippen LogP contribution in [0.4, 0.5) is 0 Å². The van der Waals surface area contributed by atoms with Crippen LogP contribution in [0.2, 0.25) is 0 Å². The van der Waals surface area contributed by atoms with Crippen LogP contribution in [-0.2, 0) is 14.3 Å². The Bertz CT molecular complexity index is 877. The highest BCUT2D eigenvalue weighted by atomic mass is 32.2. The second kappa shape index (κ2) is 9.60. The van der Waals surface area contributed by atoms with Crippen LogP contribution in [0, 0.1) is 13.8 Å². The molecule has 28 heavy (non-hydrogen) atoms. The zero-order valence-corrected chi connectivity index (χ0v) is 17.1. The summed E-state index contributed by atoms with van der Waals surface area (Å²) in [6.45, 7) is 5.05. The molecule has 0 saturated carbocycles. The van der Waals surface area contributed by atoms with Crippen LogP contribution in [0.3, 0.4) is 0 Å². The van der Waals surface area contributed by atoms with E-state index in [-0.39, 0.29) is 24.2 Å². The molecule has 0 bridgehead atoms. The summed E-state index contributed by atoms with van der Waals surface area (Å²) < 4.78 is 5.19. The number of hydrogen-bond donors (Lipinski definition) is 0. The first-order valence-corrected chi connectivity index (χ1v) is 10.4. The van der Waals surface area contributed by atoms with Gasteiger partial charge in [0.05, 0.1) is 5.75 Å². The van der Waals surface area contributed by atoms with E-state index >= 15 is 0 Å². The Morgan fingerprint density at radius 2 is 1.89 bits per heavy atom. The summed E-state index contributed by atoms with van der Waals surface area (Å²) in [5, 5.41) is 0. The third kappa shape index (κ3) is 5.49. The SMILES string of the molecule is Cc1ccc(C)c(SCC(=O)OCC(=O)N2CC=C(c3ccccc3)CC2)c1. The van der Waals surface area contributed by atoms with Crippen LogP contribution in [-0.4, -0.2) is 42.2 Å². The van der Waals surface area contributed by atoms with Crippen molar-refractivity contribution in [1.82, 2.24) is 4.90 Å². The minimum Gasteiger partial charge on any atom is -0.455 e. The van der Waals surface area contributed by atoms with Crippen molar-refractivity contribution in [3.8, 4) is 0 Å². The molecule has 0 atom stereocenters. The number of aryl methyl sites for hydroxylation is 2. The first kappa shape index (κ1) is 20.2. The highest BCUT2D eigenvalue weighted by molar-refractivity contribution is 8.00. The number of carbonyl (C=O) groups is 2. The van der Waals surface area contributed by atoms with Crippen LogP contribution in [0.5, 0.6) is 0 Å². The number of carbonyl (C=O) groups excluding carboxylic acids is 2. The van der Waals surface area contributed by atoms with Gasteiger partial charge in [-0.15, -0.1) is 11.8 Å². The molecule has 2 aromatic rings. The minimum atomic E-state index is -0.364. The summed E-state index contributed by atoms with van der Waals surface area (Å²) in [6, 6.07) is 16.3. The van der Waals surface area contributed by atoms with Gasteiger partial charge in [-0.2, -0.15) is 0 Å². The molecule has 146 valence electrons. The largest absolute Gasteiger partial charge is 0.455 e. The number of esters is 1. The molecule has 0 saturated heterocycles. The van der Waals surface area contributed by atoms with Gasteiger partial charge >= 0.3 is 5.97 Å². The van der Waals surface area contributed by atoms with Crippen molar-refractivity contribution in [1.29, 1.82) is 0 Å². The normalized spacial score (nSPS) is 13.8. The summed E-state index contributed by atoms with van der Waals surface area (Å²) in [4.78, 5) is 27.1. The van der Waals surface area contributed by atoms with E-state index < -0.39 is 0 Å². The molecule has 1 heterocycles. The van der Waals surface area contributed by atoms with E-state index in [0.717, 1.165) is 22.4 Å². The molecule has 0 aromatic heterocycles. The van der Waals surface area contributed by atoms with E-state index in [1.807, 2.05) is 44.2 Å². The third-order valence-electron chi connectivity index (χ3n) is 4.75. The average Bonchev–Trinajstić information content (AvgIpc) is 2.73. The van der Waals surface area contributed by atoms with Crippen LogP contribution >= 0.6 is 11.8 Å². The lowest BCUT2D eigenvalue weighted by Gasteiger charge is -2.26. The van der Waals surface area contributed by atoms with Gasteiger partial charge in [-0.25, -0.2) is 0 Å². The van der Waals surface area contributed by atoms with Gasteiger partial charge in [-0.3, -0.25) is 9.59 Å². The van der Waals surface area contributed by atoms with E-state index in [0.29, 0.717) is 13.1 Å². The van der Waals surface area contributed by atoms with Crippen LogP contribution < -0.4 is 0 Å². The van der Waals surface area contributed by atoms with E-state index in [4.69, 9.17) is 4.74 Å². The molecule has 0 radical (unpaired) electrons. The Morgan fingerprint density at radius 1 is 1.11 bits per heavy atom. The first-order valence-electron chi connectivity index (χ1n) is 9.41. The Labute approximate surface area is 170 Å². The van der Waals surface area contributed by atoms with Crippen LogP contribution in [0.15, 0.2) is 59.5 Å². The Balaban J connectivity index is 1.43. The number of benzene rings is 2. The van der Waals surface area contributed by atoms with Crippen LogP contribution in [0.25, 0.3) is 5.57 Å². The van der Waals surface area contributed by atoms with Gasteiger partial charge in [-0.05, 0) is 43.0 Å². The van der Waals surface area contributed by atoms with E-state index in [9.17, 15) is 9.59 Å². The lowest BCUT2D eigenvalue weighted by molar-refractivity contribution is -0.149. The van der Waals surface area contributed by atoms with Crippen molar-refractivity contribution in [3.63, 3.8) is 0 Å². The quantitative estimate of drug-likeness (QED) is 0.542. The molecule has 5 heteroatoms. The van der Waals surface area contributed by atoms with Crippen molar-refractivity contribution >= 4 is 29.2 Å². The topological polar surface area (TPSA) is 46.6 Å². The van der Waals surface area contributed by atoms with E-state index in [1.54, 1.807) is 4.90 Å². The number of hydrogen-bond acceptors (Lipinski definition) is 4. The molecule has 0 unspecified atom stereocenters. The summed E-state index contributed by atoms with van der Waals surface area (Å²) in [5.74, 6) is -0.305. The van der Waals surface area contributed by atoms with Crippen molar-refractivity contribution in [2.24, 2.45) is 0 Å². The fraction of sp³-hybridized carbons (Fsp3) is 0.304. The molecule has 1 amide bonds. The highest BCUT2D eigenvalue weighted by Crippen LogP contribution is 2.24. The maximum absolute atomic E-state index is 12.3. The zero-order valence-electron chi connectivity index (χ0n) is 16.3. The molecule has 2 aromatic carbocycles. The monoisotopic (exact) mass is 395 g/mol. The van der Waals surface area contributed by atoms with Crippen molar-refractivity contribution in [2.45, 2.75) is 25.2 Å². The zero-order chi connectivity index (χ0) is 19.9. The van der Waals surface area contributed by atoms with E-state index in [2.05, 4.69) is 24.3 Å². The summed E-state index contributed by atoms with van der Waals surface area (Å²) >= 11 is 1.45. The van der Waals surface area contributed by atoms with Crippen molar-refractivity contribution in [2.75, 3.05) is 25.4 Å². The molecule has 4 nitrogen and oxygen atoms in total. The molecule has 0 aliphatic carbocycles. The summed E-state index contributed by atoms with van der Waals surface area (Å²) in [6.07, 6.45) is 2.89. The lowest BCUT2D eigenvalue weighted by atomic mass is 10.00. The molecular formula is C23H25NO3S. The molecule has 3 rings (SSSR count). The van der Waals surface area contributed by atoms with Gasteiger partial charge in [0.25, 0.3) is 5.91 Å². The van der Waals surface area contributed by atoms with Gasteiger partial charge in [0, 0.05) is 18.0 Å². The Hall–Kier alpha value is -2.53. The number of amides is 1. The summed E-state index contributed by atoms with van der Waals surface area (Å²) in [5.41, 5.74) is 4.74. The Morgan fingerprint density at radius 3 is 2.61 bits per heavy atom. The average molecular weight is 396 g/mol. The number of thioether (sulfide) groups is 1. The van der Waals surface area contributed by atoms with Gasteiger partial charge in [-0.1, -0.05) is 54.1 Å². The lowest BCUT2D eigenvalue weighted by Crippen LogP contribution is -2.37. The van der Waals surface area contributed by atoms with Gasteiger partial charge in [0.15, 0.2) is 6.61 Å². The smallest absolute Gasteiger partial charge is 0.316 e. The van der Waals surface area contributed by atoms with E-state index in [1.165, 1.54) is 22.9 Å². The molecule has 0 N–H and O–H groups in total. The standard InChI is InChI=1S/C23H25NO3S/c1-17-8-9-18(2)21(14-17)28-16-23(26)27-15-22(25)24-12-10-20(11-13-24)19-6-4-3-5-7-19/h3-10,14H,11-13,15-16H2,1-2H3. The number of ether oxygens (including phenoxy) is 1. The fourth-order valence-corrected chi connectivity index (χ4v) is 4.01. The van der Waals surface area contributed by atoms with Crippen molar-refractivity contribution in [3.05, 3.63) is 71.3 Å². The molecule has 1 aliphatic heterocycles. The molecule has 0 fully saturated rings. The predicted molar refractivity (Wildman–Crippen MR) is 113 cm³/mol. The van der Waals surface area contributed by atoms with Gasteiger partial charge in [0.1, 0.15) is 0 Å². The minimum absolute atomic E-state index is 0.145. The molecule has 1 aliphatic rings. The second-order valence-electron chi connectivity index (χ2n) is 6.90. The summed E-state index contributed by atoms with van der Waals surface area (Å²) in [7, 11) is 0. The number of nitrogens with zero attached hydrogens (tertiary/aromatic N) is 1. The predicted octanol–water partition coefficient (Wildman–Crippen LogP) is 4.25. The fourth-order valence-electron chi connectivity index (χ4n) is 3.08. The second-order valence-corrected chi connectivity index (χ2v) is 7.92. The number of rotatable bonds is 6. The highest BCUT2D eigenvalue weighted by Gasteiger charge is 2.19. The van der Waals surface area contributed by atoms with Gasteiger partial charge < -0.3 is 9.64 Å². The molecule has 0 spiro atoms. The Kier molecular flexibility index (Phi) is 6.93. The third-order valence-corrected chi connectivity index (χ3v) is 5.88.